The van der Waals surface area contributed by atoms with Gasteiger partial charge in [-0.05, 0) is 46.2 Å². The number of primary amides is 1. The molecule has 2 rings (SSSR count). The Bertz CT molecular complexity index is 700. The van der Waals surface area contributed by atoms with Gasteiger partial charge in [0.1, 0.15) is 23.6 Å². The highest BCUT2D eigenvalue weighted by molar-refractivity contribution is 5.71. The summed E-state index contributed by atoms with van der Waals surface area (Å²) >= 11 is 0. The van der Waals surface area contributed by atoms with Crippen LogP contribution in [-0.4, -0.2) is 54.2 Å². The number of aromatic hydroxyl groups is 1. The molecule has 9 nitrogen and oxygen atoms in total. The van der Waals surface area contributed by atoms with Crippen molar-refractivity contribution in [1.82, 2.24) is 0 Å². The number of nitrogens with two attached hydrogens (primary N) is 1. The molecule has 1 aromatic rings. The van der Waals surface area contributed by atoms with E-state index in [-0.39, 0.29) is 30.1 Å². The van der Waals surface area contributed by atoms with Crippen molar-refractivity contribution in [3.63, 3.8) is 0 Å². The SMILES string of the molecule is CC(C)(C)OC(N)=O.CC1CC(OC(=O)C(C)C)COCCCC(=O)O1.Oc1ccccc1. The summed E-state index contributed by atoms with van der Waals surface area (Å²) in [5, 5.41) is 8.63. The van der Waals surface area contributed by atoms with Gasteiger partial charge in [0, 0.05) is 19.4 Å². The van der Waals surface area contributed by atoms with Gasteiger partial charge in [-0.15, -0.1) is 0 Å². The number of esters is 2. The maximum atomic E-state index is 11.5. The molecule has 0 spiro atoms. The highest BCUT2D eigenvalue weighted by Crippen LogP contribution is 2.13. The number of hydrogen-bond donors (Lipinski definition) is 2. The third-order valence-corrected chi connectivity index (χ3v) is 3.82. The van der Waals surface area contributed by atoms with E-state index in [1.807, 2.05) is 6.07 Å². The summed E-state index contributed by atoms with van der Waals surface area (Å²) in [5.41, 5.74) is 4.26. The number of carbonyl (C=O) groups excluding carboxylic acids is 3. The molecule has 33 heavy (non-hydrogen) atoms. The molecule has 1 fully saturated rings. The summed E-state index contributed by atoms with van der Waals surface area (Å²) in [6, 6.07) is 8.71. The standard InChI is InChI=1S/C13H22O5.C6H6O.C5H11NO2/c1-9(2)13(15)18-11-7-10(3)17-12(14)5-4-6-16-8-11;7-6-4-2-1-3-5-6;1-5(2,3)8-4(6)7/h9-11H,4-8H2,1-3H3;1-5,7H;1-3H3,(H2,6,7). The molecule has 1 aliphatic heterocycles. The van der Waals surface area contributed by atoms with Gasteiger partial charge in [-0.1, -0.05) is 32.0 Å². The lowest BCUT2D eigenvalue weighted by Crippen LogP contribution is -2.31. The average molecular weight is 470 g/mol. The van der Waals surface area contributed by atoms with Gasteiger partial charge in [0.2, 0.25) is 0 Å². The zero-order valence-corrected chi connectivity index (χ0v) is 20.5. The van der Waals surface area contributed by atoms with Crippen molar-refractivity contribution in [3.05, 3.63) is 30.3 Å². The molecular formula is C24H39NO8. The lowest BCUT2D eigenvalue weighted by Gasteiger charge is -2.23. The number of para-hydroxylation sites is 1. The summed E-state index contributed by atoms with van der Waals surface area (Å²) < 4.78 is 20.5. The Labute approximate surface area is 196 Å². The van der Waals surface area contributed by atoms with Crippen LogP contribution in [0.2, 0.25) is 0 Å². The van der Waals surface area contributed by atoms with Gasteiger partial charge < -0.3 is 29.8 Å². The summed E-state index contributed by atoms with van der Waals surface area (Å²) in [6.45, 7) is 11.5. The number of phenols is 1. The summed E-state index contributed by atoms with van der Waals surface area (Å²) in [6.07, 6.45) is 0.156. The fourth-order valence-corrected chi connectivity index (χ4v) is 2.42. The van der Waals surface area contributed by atoms with E-state index in [1.54, 1.807) is 65.8 Å². The minimum Gasteiger partial charge on any atom is -0.508 e. The number of amides is 1. The molecule has 0 bridgehead atoms. The number of rotatable bonds is 2. The van der Waals surface area contributed by atoms with Crippen LogP contribution in [0.5, 0.6) is 5.75 Å². The van der Waals surface area contributed by atoms with E-state index >= 15 is 0 Å². The van der Waals surface area contributed by atoms with Gasteiger partial charge in [-0.3, -0.25) is 9.59 Å². The molecule has 1 aliphatic rings. The fraction of sp³-hybridized carbons (Fsp3) is 0.625. The zero-order valence-electron chi connectivity index (χ0n) is 20.5. The molecule has 2 atom stereocenters. The second-order valence-electron chi connectivity index (χ2n) is 8.80. The Morgan fingerprint density at radius 3 is 2.21 bits per heavy atom. The average Bonchev–Trinajstić information content (AvgIpc) is 2.66. The predicted octanol–water partition coefficient (Wildman–Crippen LogP) is 3.96. The van der Waals surface area contributed by atoms with Crippen molar-refractivity contribution < 1.29 is 38.4 Å². The molecule has 1 aromatic carbocycles. The quantitative estimate of drug-likeness (QED) is 0.491. The van der Waals surface area contributed by atoms with E-state index in [4.69, 9.17) is 25.1 Å². The molecular weight excluding hydrogens is 430 g/mol. The van der Waals surface area contributed by atoms with Gasteiger partial charge in [-0.25, -0.2) is 4.79 Å². The summed E-state index contributed by atoms with van der Waals surface area (Å²) in [4.78, 5) is 32.9. The van der Waals surface area contributed by atoms with Gasteiger partial charge in [0.05, 0.1) is 12.5 Å². The Morgan fingerprint density at radius 2 is 1.79 bits per heavy atom. The van der Waals surface area contributed by atoms with Gasteiger partial charge in [0.25, 0.3) is 0 Å². The van der Waals surface area contributed by atoms with Crippen molar-refractivity contribution in [2.24, 2.45) is 11.7 Å². The number of phenolic OH excluding ortho intramolecular Hbond substituents is 1. The van der Waals surface area contributed by atoms with E-state index in [0.29, 0.717) is 38.2 Å². The monoisotopic (exact) mass is 469 g/mol. The molecule has 188 valence electrons. The van der Waals surface area contributed by atoms with Crippen LogP contribution in [0.4, 0.5) is 4.79 Å². The Kier molecular flexibility index (Phi) is 14.6. The third-order valence-electron chi connectivity index (χ3n) is 3.82. The molecule has 0 aliphatic carbocycles. The first-order valence-corrected chi connectivity index (χ1v) is 11.0. The Hall–Kier alpha value is -2.81. The molecule has 9 heteroatoms. The summed E-state index contributed by atoms with van der Waals surface area (Å²) in [5.74, 6) is -0.318. The van der Waals surface area contributed by atoms with Crippen LogP contribution >= 0.6 is 0 Å². The van der Waals surface area contributed by atoms with Crippen molar-refractivity contribution in [2.45, 2.75) is 78.6 Å². The first-order chi connectivity index (χ1) is 15.3. The summed E-state index contributed by atoms with van der Waals surface area (Å²) in [7, 11) is 0. The first kappa shape index (κ1) is 30.2. The molecule has 1 saturated heterocycles. The van der Waals surface area contributed by atoms with Crippen molar-refractivity contribution in [2.75, 3.05) is 13.2 Å². The number of ether oxygens (including phenoxy) is 4. The lowest BCUT2D eigenvalue weighted by molar-refractivity contribution is -0.162. The lowest BCUT2D eigenvalue weighted by atomic mass is 10.1. The van der Waals surface area contributed by atoms with Gasteiger partial charge in [-0.2, -0.15) is 0 Å². The number of carbonyl (C=O) groups is 3. The highest BCUT2D eigenvalue weighted by Gasteiger charge is 2.22. The molecule has 1 amide bonds. The minimum atomic E-state index is -0.725. The van der Waals surface area contributed by atoms with E-state index in [2.05, 4.69) is 4.74 Å². The van der Waals surface area contributed by atoms with Gasteiger partial charge in [0.15, 0.2) is 0 Å². The third kappa shape index (κ3) is 18.5. The Morgan fingerprint density at radius 1 is 1.18 bits per heavy atom. The number of cyclic esters (lactones) is 1. The maximum Gasteiger partial charge on any atom is 0.405 e. The molecule has 3 N–H and O–H groups in total. The second kappa shape index (κ2) is 15.9. The van der Waals surface area contributed by atoms with Crippen LogP contribution in [0.25, 0.3) is 0 Å². The number of benzene rings is 1. The largest absolute Gasteiger partial charge is 0.508 e. The molecule has 0 aromatic heterocycles. The van der Waals surface area contributed by atoms with E-state index in [9.17, 15) is 14.4 Å². The normalized spacial score (nSPS) is 18.9. The minimum absolute atomic E-state index is 0.168. The van der Waals surface area contributed by atoms with Crippen LogP contribution < -0.4 is 5.73 Å². The van der Waals surface area contributed by atoms with E-state index in [1.165, 1.54) is 0 Å². The molecule has 1 heterocycles. The zero-order chi connectivity index (χ0) is 25.4. The van der Waals surface area contributed by atoms with Crippen molar-refractivity contribution in [1.29, 1.82) is 0 Å². The molecule has 2 unspecified atom stereocenters. The van der Waals surface area contributed by atoms with Crippen molar-refractivity contribution >= 4 is 18.0 Å². The van der Waals surface area contributed by atoms with Crippen LogP contribution in [0.3, 0.4) is 0 Å². The van der Waals surface area contributed by atoms with E-state index < -0.39 is 11.7 Å². The highest BCUT2D eigenvalue weighted by atomic mass is 16.6. The second-order valence-corrected chi connectivity index (χ2v) is 8.80. The van der Waals surface area contributed by atoms with Gasteiger partial charge >= 0.3 is 18.0 Å². The topological polar surface area (TPSA) is 134 Å². The van der Waals surface area contributed by atoms with Crippen LogP contribution in [0.1, 0.15) is 60.8 Å². The van der Waals surface area contributed by atoms with Crippen molar-refractivity contribution in [3.8, 4) is 5.75 Å². The van der Waals surface area contributed by atoms with Crippen LogP contribution in [0.15, 0.2) is 30.3 Å². The van der Waals surface area contributed by atoms with Crippen LogP contribution in [-0.2, 0) is 28.5 Å². The molecule has 0 saturated carbocycles. The van der Waals surface area contributed by atoms with Crippen LogP contribution in [0, 0.1) is 5.92 Å². The predicted molar refractivity (Wildman–Crippen MR) is 123 cm³/mol. The maximum absolute atomic E-state index is 11.5. The Balaban J connectivity index is 0.000000560. The first-order valence-electron chi connectivity index (χ1n) is 11.0. The smallest absolute Gasteiger partial charge is 0.405 e. The van der Waals surface area contributed by atoms with E-state index in [0.717, 1.165) is 0 Å². The molecule has 0 radical (unpaired) electrons. The number of hydrogen-bond acceptors (Lipinski definition) is 8. The fourth-order valence-electron chi connectivity index (χ4n) is 2.42.